The fourth-order valence-corrected chi connectivity index (χ4v) is 3.14. The topological polar surface area (TPSA) is 38.4 Å². The molecule has 0 aliphatic heterocycles. The summed E-state index contributed by atoms with van der Waals surface area (Å²) >= 11 is 12.3. The molecule has 1 heterocycles. The number of aromatic nitrogens is 1. The summed E-state index contributed by atoms with van der Waals surface area (Å²) < 4.78 is 6.92. The molecule has 0 N–H and O–H groups in total. The van der Waals surface area contributed by atoms with Crippen LogP contribution in [0.25, 0.3) is 11.1 Å². The monoisotopic (exact) mass is 364 g/mol. The summed E-state index contributed by atoms with van der Waals surface area (Å²) in [6.07, 6.45) is 0.831. The van der Waals surface area contributed by atoms with E-state index in [1.54, 1.807) is 16.7 Å². The van der Waals surface area contributed by atoms with Gasteiger partial charge in [0.1, 0.15) is 0 Å². The lowest BCUT2D eigenvalue weighted by molar-refractivity contribution is 0.312. The van der Waals surface area contributed by atoms with Crippen LogP contribution in [0.3, 0.4) is 0 Å². The summed E-state index contributed by atoms with van der Waals surface area (Å²) in [5.41, 5.74) is 2.46. The first kappa shape index (κ1) is 17.1. The Hall–Kier alpha value is -1.75. The molecule has 0 radical (unpaired) electrons. The second kappa shape index (κ2) is 7.43. The number of halogens is 2. The standard InChI is InChI=1S/C18H18Cl2N2O2/c1-21(12-13-6-4-7-14(19)17(13)20)10-5-11-22-15-8-2-3-9-16(15)24-18(22)23/h2-4,6-9H,5,10-12H2,1H3. The van der Waals surface area contributed by atoms with Crippen LogP contribution in [-0.4, -0.2) is 23.1 Å². The van der Waals surface area contributed by atoms with E-state index in [-0.39, 0.29) is 5.76 Å². The molecule has 0 unspecified atom stereocenters. The van der Waals surface area contributed by atoms with Crippen molar-refractivity contribution in [3.63, 3.8) is 0 Å². The van der Waals surface area contributed by atoms with Crippen LogP contribution in [0.2, 0.25) is 10.0 Å². The molecule has 0 aliphatic carbocycles. The van der Waals surface area contributed by atoms with Crippen molar-refractivity contribution in [2.45, 2.75) is 19.5 Å². The van der Waals surface area contributed by atoms with Crippen molar-refractivity contribution in [2.24, 2.45) is 0 Å². The Balaban J connectivity index is 1.60. The van der Waals surface area contributed by atoms with Crippen LogP contribution < -0.4 is 5.76 Å². The van der Waals surface area contributed by atoms with Crippen molar-refractivity contribution in [2.75, 3.05) is 13.6 Å². The molecular formula is C18H18Cl2N2O2. The Labute approximate surface area is 150 Å². The van der Waals surface area contributed by atoms with Gasteiger partial charge in [-0.05, 0) is 43.8 Å². The molecule has 4 nitrogen and oxygen atoms in total. The van der Waals surface area contributed by atoms with Crippen LogP contribution in [0.4, 0.5) is 0 Å². The van der Waals surface area contributed by atoms with Gasteiger partial charge in [0.15, 0.2) is 5.58 Å². The summed E-state index contributed by atoms with van der Waals surface area (Å²) in [7, 11) is 2.02. The Morgan fingerprint density at radius 3 is 2.75 bits per heavy atom. The third kappa shape index (κ3) is 3.66. The van der Waals surface area contributed by atoms with Gasteiger partial charge in [0.25, 0.3) is 0 Å². The van der Waals surface area contributed by atoms with Crippen LogP contribution in [-0.2, 0) is 13.1 Å². The lowest BCUT2D eigenvalue weighted by atomic mass is 10.2. The van der Waals surface area contributed by atoms with Crippen molar-refractivity contribution >= 4 is 34.3 Å². The molecule has 0 saturated heterocycles. The minimum atomic E-state index is -0.309. The minimum absolute atomic E-state index is 0.309. The quantitative estimate of drug-likeness (QED) is 0.649. The van der Waals surface area contributed by atoms with Crippen molar-refractivity contribution in [1.29, 1.82) is 0 Å². The molecular weight excluding hydrogens is 347 g/mol. The largest absolute Gasteiger partial charge is 0.419 e. The van der Waals surface area contributed by atoms with Crippen LogP contribution >= 0.6 is 23.2 Å². The van der Waals surface area contributed by atoms with E-state index in [2.05, 4.69) is 4.90 Å². The first-order valence-corrected chi connectivity index (χ1v) is 8.51. The maximum Gasteiger partial charge on any atom is 0.419 e. The second-order valence-corrected chi connectivity index (χ2v) is 6.58. The summed E-state index contributed by atoms with van der Waals surface area (Å²) in [5, 5.41) is 1.17. The average molecular weight is 365 g/mol. The normalized spacial score (nSPS) is 11.5. The van der Waals surface area contributed by atoms with E-state index in [1.165, 1.54) is 0 Å². The van der Waals surface area contributed by atoms with E-state index < -0.39 is 0 Å². The number of hydrogen-bond acceptors (Lipinski definition) is 3. The highest BCUT2D eigenvalue weighted by molar-refractivity contribution is 6.42. The van der Waals surface area contributed by atoms with E-state index in [9.17, 15) is 4.79 Å². The van der Waals surface area contributed by atoms with E-state index in [0.29, 0.717) is 28.7 Å². The molecule has 0 spiro atoms. The summed E-state index contributed by atoms with van der Waals surface area (Å²) in [5.74, 6) is -0.309. The van der Waals surface area contributed by atoms with Gasteiger partial charge in [0.05, 0.1) is 15.6 Å². The molecule has 2 aromatic carbocycles. The molecule has 126 valence electrons. The van der Waals surface area contributed by atoms with Gasteiger partial charge < -0.3 is 9.32 Å². The van der Waals surface area contributed by atoms with Crippen LogP contribution in [0.5, 0.6) is 0 Å². The molecule has 24 heavy (non-hydrogen) atoms. The molecule has 6 heteroatoms. The van der Waals surface area contributed by atoms with Gasteiger partial charge in [-0.3, -0.25) is 4.57 Å². The van der Waals surface area contributed by atoms with Crippen molar-refractivity contribution < 1.29 is 4.42 Å². The van der Waals surface area contributed by atoms with E-state index in [4.69, 9.17) is 27.6 Å². The Morgan fingerprint density at radius 2 is 1.92 bits per heavy atom. The summed E-state index contributed by atoms with van der Waals surface area (Å²) in [6.45, 7) is 2.15. The number of nitrogens with zero attached hydrogens (tertiary/aromatic N) is 2. The Bertz CT molecular complexity index is 901. The van der Waals surface area contributed by atoms with Gasteiger partial charge in [0.2, 0.25) is 0 Å². The number of aryl methyl sites for hydroxylation is 1. The number of oxazole rings is 1. The van der Waals surface area contributed by atoms with E-state index in [0.717, 1.165) is 24.0 Å². The van der Waals surface area contributed by atoms with Crippen LogP contribution in [0.1, 0.15) is 12.0 Å². The molecule has 0 saturated carbocycles. The maximum absolute atomic E-state index is 11.9. The lowest BCUT2D eigenvalue weighted by Gasteiger charge is -2.17. The highest BCUT2D eigenvalue weighted by atomic mass is 35.5. The van der Waals surface area contributed by atoms with E-state index in [1.807, 2.05) is 37.4 Å². The third-order valence-corrected chi connectivity index (χ3v) is 4.83. The summed E-state index contributed by atoms with van der Waals surface area (Å²) in [6, 6.07) is 13.1. The number of fused-ring (bicyclic) bond motifs is 1. The molecule has 3 aromatic rings. The number of para-hydroxylation sites is 2. The Kier molecular flexibility index (Phi) is 5.29. The average Bonchev–Trinajstić information content (AvgIpc) is 2.88. The zero-order valence-corrected chi connectivity index (χ0v) is 14.8. The predicted molar refractivity (Wildman–Crippen MR) is 97.9 cm³/mol. The molecule has 1 aromatic heterocycles. The fraction of sp³-hybridized carbons (Fsp3) is 0.278. The van der Waals surface area contributed by atoms with Crippen molar-refractivity contribution in [3.05, 3.63) is 68.6 Å². The van der Waals surface area contributed by atoms with Crippen LogP contribution in [0, 0.1) is 0 Å². The zero-order chi connectivity index (χ0) is 17.1. The lowest BCUT2D eigenvalue weighted by Crippen LogP contribution is -2.22. The summed E-state index contributed by atoms with van der Waals surface area (Å²) in [4.78, 5) is 14.1. The molecule has 3 rings (SSSR count). The van der Waals surface area contributed by atoms with Crippen LogP contribution in [0.15, 0.2) is 51.7 Å². The van der Waals surface area contributed by atoms with Gasteiger partial charge >= 0.3 is 5.76 Å². The first-order valence-electron chi connectivity index (χ1n) is 7.76. The fourth-order valence-electron chi connectivity index (χ4n) is 2.76. The molecule has 0 amide bonds. The SMILES string of the molecule is CN(CCCn1c(=O)oc2ccccc21)Cc1cccc(Cl)c1Cl. The number of benzene rings is 2. The molecule has 0 aliphatic rings. The predicted octanol–water partition coefficient (Wildman–Crippen LogP) is 4.42. The van der Waals surface area contributed by atoms with E-state index >= 15 is 0 Å². The number of rotatable bonds is 6. The maximum atomic E-state index is 11.9. The van der Waals surface area contributed by atoms with Crippen molar-refractivity contribution in [3.8, 4) is 0 Å². The van der Waals surface area contributed by atoms with Gasteiger partial charge in [-0.1, -0.05) is 47.5 Å². The zero-order valence-electron chi connectivity index (χ0n) is 13.3. The molecule has 0 atom stereocenters. The van der Waals surface area contributed by atoms with Gasteiger partial charge in [-0.25, -0.2) is 4.79 Å². The second-order valence-electron chi connectivity index (χ2n) is 5.79. The smallest absolute Gasteiger partial charge is 0.408 e. The van der Waals surface area contributed by atoms with Gasteiger partial charge in [-0.2, -0.15) is 0 Å². The van der Waals surface area contributed by atoms with Gasteiger partial charge in [0, 0.05) is 13.1 Å². The molecule has 0 bridgehead atoms. The number of hydrogen-bond donors (Lipinski definition) is 0. The highest BCUT2D eigenvalue weighted by Gasteiger charge is 2.10. The first-order chi connectivity index (χ1) is 11.6. The third-order valence-electron chi connectivity index (χ3n) is 3.97. The van der Waals surface area contributed by atoms with Gasteiger partial charge in [-0.15, -0.1) is 0 Å². The molecule has 0 fully saturated rings. The Morgan fingerprint density at radius 1 is 1.12 bits per heavy atom. The highest BCUT2D eigenvalue weighted by Crippen LogP contribution is 2.26. The van der Waals surface area contributed by atoms with Crippen molar-refractivity contribution in [1.82, 2.24) is 9.47 Å². The minimum Gasteiger partial charge on any atom is -0.408 e.